The van der Waals surface area contributed by atoms with E-state index in [4.69, 9.17) is 23.2 Å². The fourth-order valence-electron chi connectivity index (χ4n) is 2.11. The molecule has 0 radical (unpaired) electrons. The van der Waals surface area contributed by atoms with E-state index in [-0.39, 0.29) is 11.4 Å². The number of fused-ring (bicyclic) bond motifs is 1. The molecule has 0 N–H and O–H groups in total. The monoisotopic (exact) mass is 312 g/mol. The van der Waals surface area contributed by atoms with Gasteiger partial charge in [0.1, 0.15) is 11.3 Å². The lowest BCUT2D eigenvalue weighted by atomic mass is 10.2. The minimum Gasteiger partial charge on any atom is -0.293 e. The van der Waals surface area contributed by atoms with Gasteiger partial charge >= 0.3 is 0 Å². The first-order valence-corrected chi connectivity index (χ1v) is 6.70. The lowest BCUT2D eigenvalue weighted by Crippen LogP contribution is -2.01. The molecular formula is C14H8Cl2F2N2. The summed E-state index contributed by atoms with van der Waals surface area (Å²) in [6.07, 6.45) is 0. The number of rotatable bonds is 2. The van der Waals surface area contributed by atoms with Crippen molar-refractivity contribution >= 4 is 34.2 Å². The second kappa shape index (κ2) is 5.04. The van der Waals surface area contributed by atoms with Crippen molar-refractivity contribution < 1.29 is 8.78 Å². The first-order valence-electron chi connectivity index (χ1n) is 5.79. The summed E-state index contributed by atoms with van der Waals surface area (Å²) in [5.41, 5.74) is 1.05. The summed E-state index contributed by atoms with van der Waals surface area (Å²) in [6.45, 7) is 0. The fraction of sp³-hybridized carbons (Fsp3) is 0.0714. The molecule has 0 aliphatic rings. The van der Waals surface area contributed by atoms with Crippen LogP contribution in [-0.4, -0.2) is 9.55 Å². The maximum atomic E-state index is 14.1. The Kier molecular flexibility index (Phi) is 3.36. The van der Waals surface area contributed by atoms with E-state index in [9.17, 15) is 8.78 Å². The molecule has 0 unspecified atom stereocenters. The molecule has 0 saturated carbocycles. The van der Waals surface area contributed by atoms with Crippen LogP contribution in [0.3, 0.4) is 0 Å². The maximum Gasteiger partial charge on any atom is 0.185 e. The van der Waals surface area contributed by atoms with E-state index in [1.54, 1.807) is 24.3 Å². The summed E-state index contributed by atoms with van der Waals surface area (Å²) in [5, 5.41) is 0.553. The third-order valence-corrected chi connectivity index (χ3v) is 3.47. The highest BCUT2D eigenvalue weighted by Gasteiger charge is 2.18. The number of halogens is 4. The number of hydrogen-bond acceptors (Lipinski definition) is 1. The van der Waals surface area contributed by atoms with Crippen LogP contribution in [0.4, 0.5) is 8.78 Å². The van der Waals surface area contributed by atoms with Crippen molar-refractivity contribution in [2.75, 3.05) is 0 Å². The van der Waals surface area contributed by atoms with Crippen molar-refractivity contribution in [3.05, 3.63) is 58.9 Å². The predicted molar refractivity (Wildman–Crippen MR) is 75.6 cm³/mol. The van der Waals surface area contributed by atoms with Crippen LogP contribution in [0.25, 0.3) is 16.7 Å². The fourth-order valence-corrected chi connectivity index (χ4v) is 2.41. The summed E-state index contributed by atoms with van der Waals surface area (Å²) in [7, 11) is 0. The van der Waals surface area contributed by atoms with E-state index in [0.29, 0.717) is 22.1 Å². The highest BCUT2D eigenvalue weighted by molar-refractivity contribution is 6.30. The predicted octanol–water partition coefficient (Wildman–Crippen LogP) is 4.70. The Hall–Kier alpha value is -1.65. The quantitative estimate of drug-likeness (QED) is 0.627. The summed E-state index contributed by atoms with van der Waals surface area (Å²) >= 11 is 11.7. The van der Waals surface area contributed by atoms with Gasteiger partial charge in [0.2, 0.25) is 0 Å². The number of aromatic nitrogens is 2. The zero-order chi connectivity index (χ0) is 14.3. The molecule has 0 spiro atoms. The SMILES string of the molecule is Fc1ccc2nc(CCl)n(-c3ccc(Cl)cc3)c2c1F. The van der Waals surface area contributed by atoms with E-state index in [2.05, 4.69) is 4.98 Å². The molecule has 0 bridgehead atoms. The molecule has 6 heteroatoms. The van der Waals surface area contributed by atoms with Crippen LogP contribution < -0.4 is 0 Å². The van der Waals surface area contributed by atoms with Gasteiger partial charge in [-0.05, 0) is 36.4 Å². The lowest BCUT2D eigenvalue weighted by Gasteiger charge is -2.08. The first-order chi connectivity index (χ1) is 9.61. The van der Waals surface area contributed by atoms with Gasteiger partial charge in [0.25, 0.3) is 0 Å². The summed E-state index contributed by atoms with van der Waals surface area (Å²) < 4.78 is 29.0. The number of nitrogens with zero attached hydrogens (tertiary/aromatic N) is 2. The zero-order valence-electron chi connectivity index (χ0n) is 10.1. The molecule has 1 heterocycles. The van der Waals surface area contributed by atoms with Gasteiger partial charge in [-0.15, -0.1) is 11.6 Å². The number of alkyl halides is 1. The molecule has 2 nitrogen and oxygen atoms in total. The van der Waals surface area contributed by atoms with Crippen molar-refractivity contribution in [1.29, 1.82) is 0 Å². The van der Waals surface area contributed by atoms with Crippen molar-refractivity contribution in [1.82, 2.24) is 9.55 Å². The van der Waals surface area contributed by atoms with Crippen molar-refractivity contribution in [2.45, 2.75) is 5.88 Å². The van der Waals surface area contributed by atoms with Crippen molar-refractivity contribution in [3.8, 4) is 5.69 Å². The molecule has 0 amide bonds. The Morgan fingerprint density at radius 2 is 1.75 bits per heavy atom. The van der Waals surface area contributed by atoms with Crippen LogP contribution in [0, 0.1) is 11.6 Å². The van der Waals surface area contributed by atoms with E-state index < -0.39 is 11.6 Å². The second-order valence-corrected chi connectivity index (χ2v) is 4.91. The summed E-state index contributed by atoms with van der Waals surface area (Å²) in [4.78, 5) is 4.22. The second-order valence-electron chi connectivity index (χ2n) is 4.20. The third kappa shape index (κ3) is 2.05. The minimum atomic E-state index is -0.943. The molecule has 0 atom stereocenters. The van der Waals surface area contributed by atoms with Crippen LogP contribution in [0.1, 0.15) is 5.82 Å². The molecule has 0 fully saturated rings. The lowest BCUT2D eigenvalue weighted by molar-refractivity contribution is 0.514. The Morgan fingerprint density at radius 3 is 2.40 bits per heavy atom. The smallest absolute Gasteiger partial charge is 0.185 e. The Bertz CT molecular complexity index is 782. The van der Waals surface area contributed by atoms with Gasteiger partial charge in [-0.3, -0.25) is 4.57 Å². The zero-order valence-corrected chi connectivity index (χ0v) is 11.6. The summed E-state index contributed by atoms with van der Waals surface area (Å²) in [6, 6.07) is 9.20. The van der Waals surface area contributed by atoms with Gasteiger partial charge in [0.15, 0.2) is 11.6 Å². The van der Waals surface area contributed by atoms with E-state index in [1.807, 2.05) is 0 Å². The van der Waals surface area contributed by atoms with Gasteiger partial charge in [-0.25, -0.2) is 13.8 Å². The first kappa shape index (κ1) is 13.3. The maximum absolute atomic E-state index is 14.1. The van der Waals surface area contributed by atoms with Crippen LogP contribution >= 0.6 is 23.2 Å². The van der Waals surface area contributed by atoms with Gasteiger partial charge in [0.05, 0.1) is 11.4 Å². The van der Waals surface area contributed by atoms with Gasteiger partial charge in [0, 0.05) is 10.7 Å². The van der Waals surface area contributed by atoms with Crippen LogP contribution in [-0.2, 0) is 5.88 Å². The average Bonchev–Trinajstić information content (AvgIpc) is 2.83. The Balaban J connectivity index is 2.37. The van der Waals surface area contributed by atoms with Crippen LogP contribution in [0.2, 0.25) is 5.02 Å². The molecule has 0 saturated heterocycles. The van der Waals surface area contributed by atoms with Gasteiger partial charge < -0.3 is 0 Å². The normalized spacial score (nSPS) is 11.2. The van der Waals surface area contributed by atoms with Crippen LogP contribution in [0.15, 0.2) is 36.4 Å². The standard InChI is InChI=1S/C14H8Cl2F2N2/c15-7-12-19-11-6-5-10(17)13(18)14(11)20(12)9-3-1-8(16)2-4-9/h1-6H,7H2. The van der Waals surface area contributed by atoms with E-state index in [0.717, 1.165) is 6.07 Å². The van der Waals surface area contributed by atoms with Crippen molar-refractivity contribution in [3.63, 3.8) is 0 Å². The molecule has 1 aromatic heterocycles. The summed E-state index contributed by atoms with van der Waals surface area (Å²) in [5.74, 6) is -1.35. The Labute approximate surface area is 123 Å². The molecule has 0 aliphatic heterocycles. The third-order valence-electron chi connectivity index (χ3n) is 2.98. The highest BCUT2D eigenvalue weighted by atomic mass is 35.5. The molecular weight excluding hydrogens is 305 g/mol. The van der Waals surface area contributed by atoms with Crippen molar-refractivity contribution in [2.24, 2.45) is 0 Å². The number of hydrogen-bond donors (Lipinski definition) is 0. The largest absolute Gasteiger partial charge is 0.293 e. The van der Waals surface area contributed by atoms with E-state index >= 15 is 0 Å². The Morgan fingerprint density at radius 1 is 1.05 bits per heavy atom. The van der Waals surface area contributed by atoms with Crippen LogP contribution in [0.5, 0.6) is 0 Å². The average molecular weight is 313 g/mol. The van der Waals surface area contributed by atoms with E-state index in [1.165, 1.54) is 10.6 Å². The molecule has 0 aliphatic carbocycles. The van der Waals surface area contributed by atoms with Gasteiger partial charge in [-0.2, -0.15) is 0 Å². The molecule has 102 valence electrons. The molecule has 20 heavy (non-hydrogen) atoms. The number of imidazole rings is 1. The molecule has 3 aromatic rings. The number of benzene rings is 2. The minimum absolute atomic E-state index is 0.0722. The topological polar surface area (TPSA) is 17.8 Å². The molecule has 3 rings (SSSR count). The highest BCUT2D eigenvalue weighted by Crippen LogP contribution is 2.27. The molecule has 2 aromatic carbocycles. The van der Waals surface area contributed by atoms with Gasteiger partial charge in [-0.1, -0.05) is 11.6 Å².